The lowest BCUT2D eigenvalue weighted by atomic mass is 9.98. The summed E-state index contributed by atoms with van der Waals surface area (Å²) in [6.45, 7) is 0. The lowest BCUT2D eigenvalue weighted by Gasteiger charge is -2.19. The lowest BCUT2D eigenvalue weighted by Crippen LogP contribution is -2.30. The normalized spacial score (nSPS) is 12.2. The Balaban J connectivity index is 2.29. The van der Waals surface area contributed by atoms with Gasteiger partial charge in [-0.3, -0.25) is 11.3 Å². The minimum Gasteiger partial charge on any atom is -0.496 e. The van der Waals surface area contributed by atoms with Crippen molar-refractivity contribution in [2.45, 2.75) is 12.5 Å². The zero-order valence-corrected chi connectivity index (χ0v) is 12.6. The predicted octanol–water partition coefficient (Wildman–Crippen LogP) is 3.75. The van der Waals surface area contributed by atoms with E-state index in [0.717, 1.165) is 16.9 Å². The van der Waals surface area contributed by atoms with Crippen molar-refractivity contribution in [3.63, 3.8) is 0 Å². The number of hydrogen-bond acceptors (Lipinski definition) is 3. The molecular weight excluding hydrogens is 295 g/mol. The summed E-state index contributed by atoms with van der Waals surface area (Å²) < 4.78 is 5.37. The van der Waals surface area contributed by atoms with E-state index in [1.165, 1.54) is 0 Å². The molecule has 2 rings (SSSR count). The summed E-state index contributed by atoms with van der Waals surface area (Å²) >= 11 is 12.1. The molecule has 0 aliphatic heterocycles. The Hall–Kier alpha value is -1.26. The first-order chi connectivity index (χ1) is 9.65. The third-order valence-electron chi connectivity index (χ3n) is 3.15. The molecule has 0 fully saturated rings. The molecule has 1 unspecified atom stereocenters. The van der Waals surface area contributed by atoms with Crippen LogP contribution < -0.4 is 16.0 Å². The van der Waals surface area contributed by atoms with Gasteiger partial charge in [0.1, 0.15) is 5.75 Å². The van der Waals surface area contributed by atoms with Crippen molar-refractivity contribution in [1.82, 2.24) is 5.43 Å². The minimum absolute atomic E-state index is 0.0928. The van der Waals surface area contributed by atoms with E-state index in [2.05, 4.69) is 5.43 Å². The van der Waals surface area contributed by atoms with Gasteiger partial charge in [-0.2, -0.15) is 0 Å². The highest BCUT2D eigenvalue weighted by molar-refractivity contribution is 6.35. The summed E-state index contributed by atoms with van der Waals surface area (Å²) in [5.74, 6) is 6.47. The van der Waals surface area contributed by atoms with Gasteiger partial charge in [0.2, 0.25) is 0 Å². The number of hydrazine groups is 1. The fourth-order valence-corrected chi connectivity index (χ4v) is 2.61. The van der Waals surface area contributed by atoms with Crippen molar-refractivity contribution >= 4 is 23.2 Å². The zero-order chi connectivity index (χ0) is 14.5. The van der Waals surface area contributed by atoms with Gasteiger partial charge < -0.3 is 4.74 Å². The molecule has 20 heavy (non-hydrogen) atoms. The number of halogens is 2. The van der Waals surface area contributed by atoms with Crippen LogP contribution in [-0.2, 0) is 6.42 Å². The molecule has 0 aliphatic rings. The fraction of sp³-hybridized carbons (Fsp3) is 0.200. The van der Waals surface area contributed by atoms with Crippen LogP contribution in [0.5, 0.6) is 5.75 Å². The predicted molar refractivity (Wildman–Crippen MR) is 83.2 cm³/mol. The third-order valence-corrected chi connectivity index (χ3v) is 3.74. The Morgan fingerprint density at radius 3 is 2.60 bits per heavy atom. The molecule has 2 aromatic rings. The third kappa shape index (κ3) is 3.44. The Bertz CT molecular complexity index is 590. The van der Waals surface area contributed by atoms with Crippen LogP contribution in [0.3, 0.4) is 0 Å². The standard InChI is InChI=1S/C15H16Cl2N2O/c1-20-15-5-3-2-4-12(15)14(19-18)8-10-6-7-11(16)9-13(10)17/h2-7,9,14,19H,8,18H2,1H3. The zero-order valence-electron chi connectivity index (χ0n) is 11.1. The van der Waals surface area contributed by atoms with Gasteiger partial charge >= 0.3 is 0 Å². The molecule has 0 bridgehead atoms. The molecule has 2 aromatic carbocycles. The summed E-state index contributed by atoms with van der Waals surface area (Å²) in [6.07, 6.45) is 0.646. The molecule has 0 amide bonds. The molecule has 0 aliphatic carbocycles. The molecular formula is C15H16Cl2N2O. The largest absolute Gasteiger partial charge is 0.496 e. The topological polar surface area (TPSA) is 47.3 Å². The second-order valence-electron chi connectivity index (χ2n) is 4.40. The van der Waals surface area contributed by atoms with Crippen LogP contribution in [0.4, 0.5) is 0 Å². The van der Waals surface area contributed by atoms with Crippen LogP contribution in [0.2, 0.25) is 10.0 Å². The molecule has 3 nitrogen and oxygen atoms in total. The van der Waals surface area contributed by atoms with E-state index in [1.54, 1.807) is 13.2 Å². The van der Waals surface area contributed by atoms with Crippen LogP contribution >= 0.6 is 23.2 Å². The molecule has 0 saturated heterocycles. The minimum atomic E-state index is -0.0928. The van der Waals surface area contributed by atoms with Gasteiger partial charge in [0.15, 0.2) is 0 Å². The van der Waals surface area contributed by atoms with Gasteiger partial charge in [0.05, 0.1) is 13.2 Å². The average molecular weight is 311 g/mol. The van der Waals surface area contributed by atoms with E-state index < -0.39 is 0 Å². The highest BCUT2D eigenvalue weighted by atomic mass is 35.5. The smallest absolute Gasteiger partial charge is 0.123 e. The van der Waals surface area contributed by atoms with E-state index in [-0.39, 0.29) is 6.04 Å². The number of benzene rings is 2. The number of ether oxygens (including phenoxy) is 1. The van der Waals surface area contributed by atoms with Crippen LogP contribution in [0.25, 0.3) is 0 Å². The van der Waals surface area contributed by atoms with E-state index >= 15 is 0 Å². The van der Waals surface area contributed by atoms with Gasteiger partial charge in [-0.1, -0.05) is 47.5 Å². The van der Waals surface area contributed by atoms with Crippen molar-refractivity contribution in [3.05, 3.63) is 63.6 Å². The summed E-state index contributed by atoms with van der Waals surface area (Å²) in [6, 6.07) is 13.1. The van der Waals surface area contributed by atoms with Crippen LogP contribution in [0.1, 0.15) is 17.2 Å². The summed E-state index contributed by atoms with van der Waals surface area (Å²) in [5.41, 5.74) is 4.78. The molecule has 0 saturated carbocycles. The highest BCUT2D eigenvalue weighted by Crippen LogP contribution is 2.30. The lowest BCUT2D eigenvalue weighted by molar-refractivity contribution is 0.399. The van der Waals surface area contributed by atoms with E-state index in [1.807, 2.05) is 36.4 Å². The average Bonchev–Trinajstić information content (AvgIpc) is 2.46. The van der Waals surface area contributed by atoms with Crippen LogP contribution in [-0.4, -0.2) is 7.11 Å². The van der Waals surface area contributed by atoms with E-state index in [0.29, 0.717) is 16.5 Å². The van der Waals surface area contributed by atoms with Crippen molar-refractivity contribution < 1.29 is 4.74 Å². The van der Waals surface area contributed by atoms with Crippen molar-refractivity contribution in [3.8, 4) is 5.75 Å². The molecule has 0 radical (unpaired) electrons. The van der Waals surface area contributed by atoms with Gasteiger partial charge in [0.25, 0.3) is 0 Å². The maximum absolute atomic E-state index is 6.21. The molecule has 0 aromatic heterocycles. The number of hydrogen-bond donors (Lipinski definition) is 2. The number of methoxy groups -OCH3 is 1. The fourth-order valence-electron chi connectivity index (χ4n) is 2.12. The maximum Gasteiger partial charge on any atom is 0.123 e. The number of rotatable bonds is 5. The maximum atomic E-state index is 6.21. The number of nitrogens with two attached hydrogens (primary N) is 1. The molecule has 1 atom stereocenters. The van der Waals surface area contributed by atoms with Gasteiger partial charge in [-0.15, -0.1) is 0 Å². The Morgan fingerprint density at radius 1 is 1.20 bits per heavy atom. The summed E-state index contributed by atoms with van der Waals surface area (Å²) in [4.78, 5) is 0. The second kappa shape index (κ2) is 6.95. The van der Waals surface area contributed by atoms with Gasteiger partial charge in [-0.25, -0.2) is 0 Å². The van der Waals surface area contributed by atoms with E-state index in [4.69, 9.17) is 33.8 Å². The number of nitrogens with one attached hydrogen (secondary N) is 1. The SMILES string of the molecule is COc1ccccc1C(Cc1ccc(Cl)cc1Cl)NN. The van der Waals surface area contributed by atoms with Crippen molar-refractivity contribution in [1.29, 1.82) is 0 Å². The molecule has 0 spiro atoms. The van der Waals surface area contributed by atoms with E-state index in [9.17, 15) is 0 Å². The first kappa shape index (κ1) is 15.1. The monoisotopic (exact) mass is 310 g/mol. The molecule has 106 valence electrons. The van der Waals surface area contributed by atoms with Gasteiger partial charge in [-0.05, 0) is 30.2 Å². The number of para-hydroxylation sites is 1. The van der Waals surface area contributed by atoms with Crippen molar-refractivity contribution in [2.24, 2.45) is 5.84 Å². The van der Waals surface area contributed by atoms with Crippen LogP contribution in [0, 0.1) is 0 Å². The highest BCUT2D eigenvalue weighted by Gasteiger charge is 2.16. The summed E-state index contributed by atoms with van der Waals surface area (Å²) in [7, 11) is 1.64. The van der Waals surface area contributed by atoms with Crippen molar-refractivity contribution in [2.75, 3.05) is 7.11 Å². The Morgan fingerprint density at radius 2 is 1.95 bits per heavy atom. The first-order valence-electron chi connectivity index (χ1n) is 6.18. The molecule has 0 heterocycles. The van der Waals surface area contributed by atoms with Gasteiger partial charge in [0, 0.05) is 15.6 Å². The molecule has 5 heteroatoms. The quantitative estimate of drug-likeness (QED) is 0.653. The first-order valence-corrected chi connectivity index (χ1v) is 6.94. The Labute approximate surface area is 128 Å². The van der Waals surface area contributed by atoms with Crippen LogP contribution in [0.15, 0.2) is 42.5 Å². The molecule has 3 N–H and O–H groups in total. The second-order valence-corrected chi connectivity index (χ2v) is 5.24. The summed E-state index contributed by atoms with van der Waals surface area (Å²) in [5, 5.41) is 1.25. The Kier molecular flexibility index (Phi) is 5.26.